The molecule has 0 atom stereocenters. The fourth-order valence-electron chi connectivity index (χ4n) is 0.696. The number of diazo groups is 1. The first-order chi connectivity index (χ1) is 7.27. The smallest absolute Gasteiger partial charge is 0.496 e. The van der Waals surface area contributed by atoms with Crippen molar-refractivity contribution in [3.63, 3.8) is 0 Å². The Morgan fingerprint density at radius 1 is 1.25 bits per heavy atom. The van der Waals surface area contributed by atoms with E-state index in [9.17, 15) is 21.7 Å². The zero-order valence-corrected chi connectivity index (χ0v) is 8.00. The molecule has 0 radical (unpaired) electrons. The zero-order chi connectivity index (χ0) is 12.8. The second kappa shape index (κ2) is 5.90. The molecule has 1 rings (SSSR count). The molecule has 0 N–H and O–H groups in total. The fourth-order valence-corrected chi connectivity index (χ4v) is 0.696. The van der Waals surface area contributed by atoms with E-state index in [4.69, 9.17) is 10.1 Å². The van der Waals surface area contributed by atoms with Gasteiger partial charge in [-0.05, 0) is 12.1 Å². The first-order valence-corrected chi connectivity index (χ1v) is 3.84. The van der Waals surface area contributed by atoms with Crippen molar-refractivity contribution in [1.29, 1.82) is 5.39 Å². The van der Waals surface area contributed by atoms with Crippen LogP contribution in [0.5, 0.6) is 5.75 Å². The minimum Gasteiger partial charge on any atom is -0.496 e. The van der Waals surface area contributed by atoms with Crippen LogP contribution < -0.4 is 4.74 Å². The highest BCUT2D eigenvalue weighted by Gasteiger charge is 2.20. The molecule has 0 saturated heterocycles. The van der Waals surface area contributed by atoms with Crippen LogP contribution in [0.4, 0.5) is 27.3 Å². The first-order valence-electron chi connectivity index (χ1n) is 3.84. The van der Waals surface area contributed by atoms with Crippen LogP contribution in [0.15, 0.2) is 18.2 Å². The van der Waals surface area contributed by atoms with E-state index in [1.54, 1.807) is 0 Å². The average Bonchev–Trinajstić information content (AvgIpc) is 2.16. The number of methoxy groups -OCH3 is 1. The molecule has 0 spiro atoms. The van der Waals surface area contributed by atoms with Crippen LogP contribution in [0.25, 0.3) is 4.98 Å². The van der Waals surface area contributed by atoms with Crippen molar-refractivity contribution in [3.8, 4) is 5.75 Å². The Morgan fingerprint density at radius 2 is 1.75 bits per heavy atom. The molecular weight excluding hydrogens is 234 g/mol. The summed E-state index contributed by atoms with van der Waals surface area (Å²) >= 11 is 0. The summed E-state index contributed by atoms with van der Waals surface area (Å²) in [6.45, 7) is 0. The summed E-state index contributed by atoms with van der Waals surface area (Å²) in [6, 6.07) is 3.92. The van der Waals surface area contributed by atoms with Crippen LogP contribution >= 0.6 is 0 Å². The third-order valence-corrected chi connectivity index (χ3v) is 1.26. The fraction of sp³-hybridized carbons (Fsp3) is 0.143. The van der Waals surface area contributed by atoms with Gasteiger partial charge in [0.15, 0.2) is 4.98 Å². The van der Waals surface area contributed by atoms with Gasteiger partial charge >= 0.3 is 12.9 Å². The molecule has 0 aliphatic rings. The van der Waals surface area contributed by atoms with Gasteiger partial charge in [-0.25, -0.2) is 0 Å². The molecule has 3 nitrogen and oxygen atoms in total. The molecule has 9 heteroatoms. The Balaban J connectivity index is 0.000000385. The quantitative estimate of drug-likeness (QED) is 0.427. The SMILES string of the molecule is COc1ccc(F)c([N+]#N)c1.F[B-](F)(F)F. The van der Waals surface area contributed by atoms with Crippen LogP contribution in [0.2, 0.25) is 0 Å². The van der Waals surface area contributed by atoms with E-state index in [0.717, 1.165) is 0 Å². The highest BCUT2D eigenvalue weighted by molar-refractivity contribution is 6.50. The Bertz CT molecular complexity index is 383. The number of hydrogen-bond acceptors (Lipinski definition) is 2. The van der Waals surface area contributed by atoms with E-state index in [2.05, 4.69) is 4.98 Å². The predicted octanol–water partition coefficient (Wildman–Crippen LogP) is 3.62. The van der Waals surface area contributed by atoms with Gasteiger partial charge < -0.3 is 22.0 Å². The van der Waals surface area contributed by atoms with Crippen molar-refractivity contribution in [3.05, 3.63) is 29.0 Å². The summed E-state index contributed by atoms with van der Waals surface area (Å²) in [5, 5.41) is 8.27. The maximum atomic E-state index is 12.6. The van der Waals surface area contributed by atoms with Gasteiger partial charge in [0, 0.05) is 0 Å². The van der Waals surface area contributed by atoms with Crippen LogP contribution in [0.1, 0.15) is 0 Å². The maximum absolute atomic E-state index is 12.6. The maximum Gasteiger partial charge on any atom is 0.673 e. The summed E-state index contributed by atoms with van der Waals surface area (Å²) in [5.41, 5.74) is -0.121. The third-order valence-electron chi connectivity index (χ3n) is 1.26. The number of nitrogens with zero attached hydrogens (tertiary/aromatic N) is 2. The van der Waals surface area contributed by atoms with Crippen molar-refractivity contribution in [1.82, 2.24) is 0 Å². The lowest BCUT2D eigenvalue weighted by Gasteiger charge is -1.94. The average molecular weight is 240 g/mol. The van der Waals surface area contributed by atoms with Gasteiger partial charge in [0.1, 0.15) is 5.75 Å². The predicted molar refractivity (Wildman–Crippen MR) is 47.9 cm³/mol. The van der Waals surface area contributed by atoms with Gasteiger partial charge in [-0.2, -0.15) is 4.39 Å². The van der Waals surface area contributed by atoms with Crippen molar-refractivity contribution in [2.24, 2.45) is 0 Å². The third kappa shape index (κ3) is 6.59. The molecular formula is C7H6BF5N2O. The summed E-state index contributed by atoms with van der Waals surface area (Å²) in [7, 11) is -4.55. The molecule has 0 bridgehead atoms. The van der Waals surface area contributed by atoms with E-state index in [-0.39, 0.29) is 5.69 Å². The molecule has 0 unspecified atom stereocenters. The molecule has 0 heterocycles. The van der Waals surface area contributed by atoms with Crippen LogP contribution in [-0.4, -0.2) is 14.4 Å². The second-order valence-corrected chi connectivity index (χ2v) is 2.41. The molecule has 0 saturated carbocycles. The van der Waals surface area contributed by atoms with Gasteiger partial charge in [-0.3, -0.25) is 0 Å². The minimum absolute atomic E-state index is 0.121. The Labute approximate surface area is 87.6 Å². The summed E-state index contributed by atoms with van der Waals surface area (Å²) in [4.78, 5) is 2.72. The van der Waals surface area contributed by atoms with Gasteiger partial charge in [-0.1, -0.05) is 0 Å². The number of hydrogen-bond donors (Lipinski definition) is 0. The number of rotatable bonds is 1. The standard InChI is InChI=1S/C7H6FN2O.BF4/c1-11-5-2-3-6(8)7(4-5)10-9;2-1(3,4)5/h2-4H,1H3;/q+1;-1. The number of halogens is 5. The van der Waals surface area contributed by atoms with Crippen LogP contribution in [0, 0.1) is 11.2 Å². The lowest BCUT2D eigenvalue weighted by molar-refractivity contribution is 0.368. The molecule has 0 aliphatic carbocycles. The molecule has 88 valence electrons. The molecule has 0 fully saturated rings. The second-order valence-electron chi connectivity index (χ2n) is 2.41. The zero-order valence-electron chi connectivity index (χ0n) is 8.00. The van der Waals surface area contributed by atoms with E-state index < -0.39 is 13.1 Å². The highest BCUT2D eigenvalue weighted by Crippen LogP contribution is 2.23. The van der Waals surface area contributed by atoms with Crippen LogP contribution in [0.3, 0.4) is 0 Å². The molecule has 1 aromatic rings. The van der Waals surface area contributed by atoms with Crippen molar-refractivity contribution >= 4 is 12.9 Å². The summed E-state index contributed by atoms with van der Waals surface area (Å²) < 4.78 is 56.4. The summed E-state index contributed by atoms with van der Waals surface area (Å²) in [5.74, 6) is -0.118. The van der Waals surface area contributed by atoms with Gasteiger partial charge in [0.25, 0.3) is 0 Å². The molecule has 0 aliphatic heterocycles. The highest BCUT2D eigenvalue weighted by atomic mass is 19.5. The number of benzene rings is 1. The Hall–Kier alpha value is -1.85. The van der Waals surface area contributed by atoms with Crippen molar-refractivity contribution in [2.45, 2.75) is 0 Å². The van der Waals surface area contributed by atoms with Crippen molar-refractivity contribution in [2.75, 3.05) is 7.11 Å². The Kier molecular flexibility index (Phi) is 5.22. The molecule has 0 amide bonds. The van der Waals surface area contributed by atoms with Gasteiger partial charge in [0.2, 0.25) is 11.2 Å². The number of ether oxygens (including phenoxy) is 1. The lowest BCUT2D eigenvalue weighted by atomic mass is 10.3. The van der Waals surface area contributed by atoms with E-state index in [1.807, 2.05) is 0 Å². The van der Waals surface area contributed by atoms with E-state index in [0.29, 0.717) is 5.75 Å². The summed E-state index contributed by atoms with van der Waals surface area (Å²) in [6.07, 6.45) is 0. The first kappa shape index (κ1) is 14.2. The van der Waals surface area contributed by atoms with E-state index in [1.165, 1.54) is 25.3 Å². The molecule has 0 aromatic heterocycles. The minimum atomic E-state index is -6.00. The Morgan fingerprint density at radius 3 is 2.12 bits per heavy atom. The van der Waals surface area contributed by atoms with Crippen molar-refractivity contribution < 1.29 is 26.4 Å². The van der Waals surface area contributed by atoms with Gasteiger partial charge in [0.05, 0.1) is 13.2 Å². The van der Waals surface area contributed by atoms with Gasteiger partial charge in [-0.15, -0.1) is 0 Å². The lowest BCUT2D eigenvalue weighted by Crippen LogP contribution is -2.02. The normalized spacial score (nSPS) is 9.81. The topological polar surface area (TPSA) is 37.4 Å². The van der Waals surface area contributed by atoms with Crippen LogP contribution in [-0.2, 0) is 0 Å². The molecule has 16 heavy (non-hydrogen) atoms. The van der Waals surface area contributed by atoms with E-state index >= 15 is 0 Å². The molecule has 1 aromatic carbocycles. The largest absolute Gasteiger partial charge is 0.673 e. The monoisotopic (exact) mass is 240 g/mol.